The summed E-state index contributed by atoms with van der Waals surface area (Å²) in [4.78, 5) is 19.9. The van der Waals surface area contributed by atoms with E-state index in [4.69, 9.17) is 0 Å². The topological polar surface area (TPSA) is 57.8 Å². The molecule has 0 aliphatic heterocycles. The molecular formula is C22H20FN3OS. The second kappa shape index (κ2) is 7.56. The largest absolute Gasteiger partial charge is 0.354 e. The second-order valence-electron chi connectivity index (χ2n) is 6.82. The molecule has 0 atom stereocenters. The Bertz CT molecular complexity index is 1140. The van der Waals surface area contributed by atoms with E-state index in [0.29, 0.717) is 13.0 Å². The van der Waals surface area contributed by atoms with E-state index in [0.717, 1.165) is 44.0 Å². The van der Waals surface area contributed by atoms with Gasteiger partial charge in [-0.15, -0.1) is 11.3 Å². The summed E-state index contributed by atoms with van der Waals surface area (Å²) >= 11 is 1.55. The lowest BCUT2D eigenvalue weighted by Crippen LogP contribution is -2.24. The molecule has 28 heavy (non-hydrogen) atoms. The molecule has 0 unspecified atom stereocenters. The molecule has 4 nitrogen and oxygen atoms in total. The number of aromatic amines is 1. The third kappa shape index (κ3) is 3.82. The van der Waals surface area contributed by atoms with Crippen LogP contribution in [0.4, 0.5) is 4.39 Å². The average Bonchev–Trinajstić information content (AvgIpc) is 3.24. The number of thiazole rings is 1. The molecule has 142 valence electrons. The van der Waals surface area contributed by atoms with Gasteiger partial charge in [0.1, 0.15) is 5.82 Å². The summed E-state index contributed by atoms with van der Waals surface area (Å²) < 4.78 is 13.2. The highest BCUT2D eigenvalue weighted by Crippen LogP contribution is 2.30. The summed E-state index contributed by atoms with van der Waals surface area (Å²) in [6, 6.07) is 12.6. The van der Waals surface area contributed by atoms with Gasteiger partial charge in [-0.05, 0) is 66.9 Å². The molecular weight excluding hydrogens is 373 g/mol. The lowest BCUT2D eigenvalue weighted by molar-refractivity contribution is -0.120. The maximum atomic E-state index is 13.2. The van der Waals surface area contributed by atoms with E-state index in [1.54, 1.807) is 23.5 Å². The summed E-state index contributed by atoms with van der Waals surface area (Å²) in [7, 11) is 0. The van der Waals surface area contributed by atoms with Gasteiger partial charge in [0.05, 0.1) is 17.1 Å². The number of hydrogen-bond acceptors (Lipinski definition) is 3. The number of aryl methyl sites for hydroxylation is 2. The zero-order chi connectivity index (χ0) is 19.7. The number of amides is 1. The molecule has 2 N–H and O–H groups in total. The number of benzene rings is 2. The number of carbonyl (C=O) groups excluding carboxylic acids is 1. The van der Waals surface area contributed by atoms with Gasteiger partial charge in [0, 0.05) is 28.5 Å². The number of nitrogens with zero attached hydrogens (tertiary/aromatic N) is 1. The Morgan fingerprint density at radius 3 is 2.68 bits per heavy atom. The number of H-pyrrole nitrogens is 1. The first-order chi connectivity index (χ1) is 13.5. The van der Waals surface area contributed by atoms with Gasteiger partial charge in [-0.3, -0.25) is 4.79 Å². The highest BCUT2D eigenvalue weighted by atomic mass is 32.1. The van der Waals surface area contributed by atoms with E-state index < -0.39 is 0 Å². The average molecular weight is 393 g/mol. The zero-order valence-electron chi connectivity index (χ0n) is 15.7. The first kappa shape index (κ1) is 18.4. The van der Waals surface area contributed by atoms with Crippen molar-refractivity contribution in [3.8, 4) is 11.3 Å². The van der Waals surface area contributed by atoms with Crippen molar-refractivity contribution in [3.63, 3.8) is 0 Å². The summed E-state index contributed by atoms with van der Waals surface area (Å²) in [6.45, 7) is 4.44. The van der Waals surface area contributed by atoms with E-state index in [2.05, 4.69) is 21.4 Å². The van der Waals surface area contributed by atoms with Gasteiger partial charge in [-0.2, -0.15) is 0 Å². The lowest BCUT2D eigenvalue weighted by atomic mass is 10.0. The van der Waals surface area contributed by atoms with Crippen LogP contribution in [-0.2, 0) is 17.8 Å². The monoisotopic (exact) mass is 393 g/mol. The first-order valence-corrected chi connectivity index (χ1v) is 9.92. The van der Waals surface area contributed by atoms with Crippen LogP contribution in [0.15, 0.2) is 47.8 Å². The molecule has 4 rings (SSSR count). The third-order valence-electron chi connectivity index (χ3n) is 4.75. The summed E-state index contributed by atoms with van der Waals surface area (Å²) in [5.74, 6) is -0.286. The Labute approximate surface area is 166 Å². The van der Waals surface area contributed by atoms with Crippen molar-refractivity contribution in [3.05, 3.63) is 75.5 Å². The molecule has 2 heterocycles. The minimum absolute atomic E-state index is 0.0387. The molecule has 2 aromatic carbocycles. The van der Waals surface area contributed by atoms with Crippen LogP contribution in [0.25, 0.3) is 22.2 Å². The fraction of sp³-hybridized carbons (Fsp3) is 0.182. The van der Waals surface area contributed by atoms with Crippen LogP contribution in [0.1, 0.15) is 21.8 Å². The van der Waals surface area contributed by atoms with Crippen LogP contribution in [0, 0.1) is 19.7 Å². The molecule has 0 fully saturated rings. The maximum Gasteiger partial charge on any atom is 0.226 e. The highest BCUT2D eigenvalue weighted by molar-refractivity contribution is 7.09. The number of nitrogens with one attached hydrogen (secondary N) is 2. The van der Waals surface area contributed by atoms with Gasteiger partial charge in [0.15, 0.2) is 0 Å². The van der Waals surface area contributed by atoms with Crippen LogP contribution >= 0.6 is 11.3 Å². The lowest BCUT2D eigenvalue weighted by Gasteiger charge is -2.05. The number of aromatic nitrogens is 2. The second-order valence-corrected chi connectivity index (χ2v) is 7.89. The number of halogens is 1. The predicted octanol–water partition coefficient (Wildman–Crippen LogP) is 4.91. The van der Waals surface area contributed by atoms with Gasteiger partial charge in [0.25, 0.3) is 0 Å². The quantitative estimate of drug-likeness (QED) is 0.506. The Kier molecular flexibility index (Phi) is 4.96. The molecule has 0 spiro atoms. The van der Waals surface area contributed by atoms with Crippen molar-refractivity contribution < 1.29 is 9.18 Å². The van der Waals surface area contributed by atoms with E-state index in [1.807, 2.05) is 31.4 Å². The smallest absolute Gasteiger partial charge is 0.226 e. The molecule has 4 aromatic rings. The van der Waals surface area contributed by atoms with Crippen LogP contribution in [0.3, 0.4) is 0 Å². The third-order valence-corrected chi connectivity index (χ3v) is 5.58. The Morgan fingerprint density at radius 1 is 1.18 bits per heavy atom. The molecule has 6 heteroatoms. The van der Waals surface area contributed by atoms with Gasteiger partial charge in [-0.1, -0.05) is 6.07 Å². The number of hydrogen-bond donors (Lipinski definition) is 2. The van der Waals surface area contributed by atoms with Gasteiger partial charge in [-0.25, -0.2) is 9.37 Å². The fourth-order valence-electron chi connectivity index (χ4n) is 3.31. The van der Waals surface area contributed by atoms with Gasteiger partial charge in [0.2, 0.25) is 5.91 Å². The van der Waals surface area contributed by atoms with Gasteiger partial charge < -0.3 is 10.3 Å². The maximum absolute atomic E-state index is 13.2. The van der Waals surface area contributed by atoms with Crippen molar-refractivity contribution >= 4 is 28.1 Å². The zero-order valence-corrected chi connectivity index (χ0v) is 16.5. The summed E-state index contributed by atoms with van der Waals surface area (Å²) in [6.07, 6.45) is 0.296. The Morgan fingerprint density at radius 2 is 1.96 bits per heavy atom. The number of carbonyl (C=O) groups is 1. The molecule has 0 saturated carbocycles. The van der Waals surface area contributed by atoms with Crippen LogP contribution in [-0.4, -0.2) is 15.9 Å². The van der Waals surface area contributed by atoms with Crippen molar-refractivity contribution in [1.82, 2.24) is 15.3 Å². The SMILES string of the molecule is Cc1nc(CC(=O)NCc2ccc3[nH]c(-c4ccc(F)cc4)c(C)c3c2)cs1. The molecule has 0 radical (unpaired) electrons. The van der Waals surface area contributed by atoms with Gasteiger partial charge >= 0.3 is 0 Å². The van der Waals surface area contributed by atoms with E-state index in [-0.39, 0.29) is 11.7 Å². The Hall–Kier alpha value is -2.99. The fourth-order valence-corrected chi connectivity index (χ4v) is 3.92. The normalized spacial score (nSPS) is 11.1. The molecule has 2 aromatic heterocycles. The van der Waals surface area contributed by atoms with E-state index >= 15 is 0 Å². The molecule has 1 amide bonds. The Balaban J connectivity index is 1.50. The van der Waals surface area contributed by atoms with E-state index in [9.17, 15) is 9.18 Å². The van der Waals surface area contributed by atoms with Crippen molar-refractivity contribution in [2.45, 2.75) is 26.8 Å². The van der Waals surface area contributed by atoms with Crippen LogP contribution < -0.4 is 5.32 Å². The number of rotatable bonds is 5. The summed E-state index contributed by atoms with van der Waals surface area (Å²) in [5, 5.41) is 6.94. The number of fused-ring (bicyclic) bond motifs is 1. The standard InChI is InChI=1S/C22H20FN3OS/c1-13-19-9-15(11-24-21(27)10-18-12-28-14(2)25-18)3-8-20(19)26-22(13)16-4-6-17(23)7-5-16/h3-9,12,26H,10-11H2,1-2H3,(H,24,27). The van der Waals surface area contributed by atoms with E-state index in [1.165, 1.54) is 12.1 Å². The minimum Gasteiger partial charge on any atom is -0.354 e. The first-order valence-electron chi connectivity index (χ1n) is 9.04. The van der Waals surface area contributed by atoms with Crippen molar-refractivity contribution in [2.24, 2.45) is 0 Å². The molecule has 0 saturated heterocycles. The van der Waals surface area contributed by atoms with Crippen LogP contribution in [0.5, 0.6) is 0 Å². The molecule has 0 aliphatic carbocycles. The van der Waals surface area contributed by atoms with Crippen LogP contribution in [0.2, 0.25) is 0 Å². The predicted molar refractivity (Wildman–Crippen MR) is 111 cm³/mol. The molecule has 0 bridgehead atoms. The minimum atomic E-state index is -0.247. The highest BCUT2D eigenvalue weighted by Gasteiger charge is 2.11. The molecule has 0 aliphatic rings. The van der Waals surface area contributed by atoms with Crippen molar-refractivity contribution in [1.29, 1.82) is 0 Å². The summed E-state index contributed by atoms with van der Waals surface area (Å²) in [5.41, 5.74) is 5.89. The van der Waals surface area contributed by atoms with Crippen molar-refractivity contribution in [2.75, 3.05) is 0 Å².